The zero-order chi connectivity index (χ0) is 26.8. The Labute approximate surface area is 228 Å². The molecule has 2 aromatic carbocycles. The van der Waals surface area contributed by atoms with Crippen LogP contribution in [-0.4, -0.2) is 65.4 Å². The summed E-state index contributed by atoms with van der Waals surface area (Å²) < 4.78 is 14.1. The van der Waals surface area contributed by atoms with Crippen LogP contribution >= 0.6 is 11.3 Å². The Balaban J connectivity index is 1.22. The minimum atomic E-state index is -0.268. The van der Waals surface area contributed by atoms with Gasteiger partial charge in [0.2, 0.25) is 5.91 Å². The van der Waals surface area contributed by atoms with Gasteiger partial charge >= 0.3 is 6.03 Å². The fourth-order valence-corrected chi connectivity index (χ4v) is 6.42. The van der Waals surface area contributed by atoms with E-state index < -0.39 is 0 Å². The van der Waals surface area contributed by atoms with Crippen LogP contribution in [0.15, 0.2) is 60.0 Å². The molecule has 5 rings (SSSR count). The summed E-state index contributed by atoms with van der Waals surface area (Å²) in [6, 6.07) is 16.4. The van der Waals surface area contributed by atoms with Crippen LogP contribution in [0.1, 0.15) is 54.3 Å². The normalized spacial score (nSPS) is 19.9. The van der Waals surface area contributed by atoms with E-state index in [-0.39, 0.29) is 36.4 Å². The van der Waals surface area contributed by atoms with Crippen molar-refractivity contribution in [2.24, 2.45) is 0 Å². The lowest BCUT2D eigenvalue weighted by Crippen LogP contribution is -2.58. The molecule has 1 N–H and O–H groups in total. The van der Waals surface area contributed by atoms with Crippen LogP contribution in [0.5, 0.6) is 0 Å². The summed E-state index contributed by atoms with van der Waals surface area (Å²) in [6.07, 6.45) is 0.884. The van der Waals surface area contributed by atoms with Crippen molar-refractivity contribution in [3.63, 3.8) is 0 Å². The van der Waals surface area contributed by atoms with Crippen molar-refractivity contribution in [2.75, 3.05) is 38.0 Å². The molecule has 1 saturated heterocycles. The summed E-state index contributed by atoms with van der Waals surface area (Å²) >= 11 is 1.72. The Morgan fingerprint density at radius 1 is 1.08 bits per heavy atom. The number of hydrogen-bond acceptors (Lipinski definition) is 4. The summed E-state index contributed by atoms with van der Waals surface area (Å²) in [5, 5.41) is 5.08. The van der Waals surface area contributed by atoms with Crippen LogP contribution in [0.3, 0.4) is 0 Å². The van der Waals surface area contributed by atoms with Crippen molar-refractivity contribution in [3.8, 4) is 0 Å². The number of nitrogens with zero attached hydrogens (tertiary/aromatic N) is 3. The number of anilines is 1. The van der Waals surface area contributed by atoms with Crippen molar-refractivity contribution in [2.45, 2.75) is 45.2 Å². The van der Waals surface area contributed by atoms with E-state index in [4.69, 9.17) is 0 Å². The second-order valence-corrected chi connectivity index (χ2v) is 11.6. The molecule has 1 fully saturated rings. The second kappa shape index (κ2) is 11.3. The fourth-order valence-electron chi connectivity index (χ4n) is 5.51. The van der Waals surface area contributed by atoms with Gasteiger partial charge in [0.1, 0.15) is 5.82 Å². The number of benzene rings is 2. The molecule has 3 amide bonds. The number of hydrogen-bond donors (Lipinski definition) is 1. The van der Waals surface area contributed by atoms with Gasteiger partial charge in [0, 0.05) is 42.8 Å². The summed E-state index contributed by atoms with van der Waals surface area (Å²) in [5.74, 6) is 0.211. The topological polar surface area (TPSA) is 55.9 Å². The number of fused-ring (bicyclic) bond motifs is 1. The van der Waals surface area contributed by atoms with Crippen molar-refractivity contribution < 1.29 is 14.0 Å². The number of nitrogens with one attached hydrogen (secondary N) is 1. The maximum atomic E-state index is 14.1. The van der Waals surface area contributed by atoms with E-state index in [1.165, 1.54) is 16.5 Å². The second-order valence-electron chi connectivity index (χ2n) is 10.6. The largest absolute Gasteiger partial charge is 0.338 e. The first-order chi connectivity index (χ1) is 18.3. The maximum absolute atomic E-state index is 14.1. The Kier molecular flexibility index (Phi) is 7.81. The number of thiophene rings is 1. The highest BCUT2D eigenvalue weighted by atomic mass is 32.1. The smallest absolute Gasteiger partial charge is 0.322 e. The van der Waals surface area contributed by atoms with Gasteiger partial charge in [-0.3, -0.25) is 9.69 Å². The SMILES string of the molecule is CC(C)c1ccc(NC(=O)N2CCN(C(=O)CN3CCc4sccc4[C@@H]3c3cccc(F)c3)C[C@@H]2C)cc1. The predicted octanol–water partition coefficient (Wildman–Crippen LogP) is 5.72. The number of urea groups is 1. The first kappa shape index (κ1) is 26.4. The van der Waals surface area contributed by atoms with E-state index in [9.17, 15) is 14.0 Å². The number of halogens is 1. The predicted molar refractivity (Wildman–Crippen MR) is 150 cm³/mol. The van der Waals surface area contributed by atoms with Gasteiger partial charge in [0.25, 0.3) is 0 Å². The molecule has 38 heavy (non-hydrogen) atoms. The third kappa shape index (κ3) is 5.61. The molecule has 1 aromatic heterocycles. The number of piperazine rings is 1. The molecular weight excluding hydrogens is 499 g/mol. The Hall–Kier alpha value is -3.23. The molecule has 200 valence electrons. The van der Waals surface area contributed by atoms with Gasteiger partial charge in [0.05, 0.1) is 12.6 Å². The molecule has 0 bridgehead atoms. The van der Waals surface area contributed by atoms with Crippen LogP contribution < -0.4 is 5.32 Å². The van der Waals surface area contributed by atoms with E-state index in [1.54, 1.807) is 28.4 Å². The molecule has 6 nitrogen and oxygen atoms in total. The lowest BCUT2D eigenvalue weighted by atomic mass is 9.93. The van der Waals surface area contributed by atoms with Gasteiger partial charge < -0.3 is 15.1 Å². The average Bonchev–Trinajstić information content (AvgIpc) is 3.37. The minimum Gasteiger partial charge on any atom is -0.338 e. The highest BCUT2D eigenvalue weighted by Crippen LogP contribution is 2.38. The molecule has 0 saturated carbocycles. The number of carbonyl (C=O) groups is 2. The zero-order valence-corrected chi connectivity index (χ0v) is 23.0. The van der Waals surface area contributed by atoms with Crippen LogP contribution in [-0.2, 0) is 11.2 Å². The third-order valence-electron chi connectivity index (χ3n) is 7.64. The highest BCUT2D eigenvalue weighted by molar-refractivity contribution is 7.10. The molecule has 2 aliphatic heterocycles. The van der Waals surface area contributed by atoms with Gasteiger partial charge in [-0.2, -0.15) is 0 Å². The van der Waals surface area contributed by atoms with Gasteiger partial charge in [-0.1, -0.05) is 38.1 Å². The van der Waals surface area contributed by atoms with Gasteiger partial charge in [0.15, 0.2) is 0 Å². The first-order valence-electron chi connectivity index (χ1n) is 13.3. The minimum absolute atomic E-state index is 0.0428. The van der Waals surface area contributed by atoms with Crippen LogP contribution in [0, 0.1) is 5.82 Å². The van der Waals surface area contributed by atoms with E-state index in [2.05, 4.69) is 35.5 Å². The van der Waals surface area contributed by atoms with E-state index in [0.29, 0.717) is 25.6 Å². The van der Waals surface area contributed by atoms with Crippen molar-refractivity contribution in [1.29, 1.82) is 0 Å². The van der Waals surface area contributed by atoms with Crippen LogP contribution in [0.2, 0.25) is 0 Å². The molecule has 0 spiro atoms. The monoisotopic (exact) mass is 534 g/mol. The molecule has 0 radical (unpaired) electrons. The molecule has 3 heterocycles. The van der Waals surface area contributed by atoms with Crippen molar-refractivity contribution >= 4 is 29.0 Å². The van der Waals surface area contributed by atoms with Crippen LogP contribution in [0.4, 0.5) is 14.9 Å². The molecular formula is C30H35FN4O2S. The number of rotatable bonds is 5. The first-order valence-corrected chi connectivity index (χ1v) is 14.2. The molecule has 0 aliphatic carbocycles. The average molecular weight is 535 g/mol. The Bertz CT molecular complexity index is 1290. The zero-order valence-electron chi connectivity index (χ0n) is 22.2. The van der Waals surface area contributed by atoms with Gasteiger partial charge in [-0.15, -0.1) is 11.3 Å². The van der Waals surface area contributed by atoms with Crippen molar-refractivity contribution in [3.05, 3.63) is 87.4 Å². The standard InChI is InChI=1S/C30H35FN4O2S/c1-20(2)22-7-9-25(10-8-22)32-30(37)35-15-14-33(18-21(35)3)28(36)19-34-13-11-27-26(12-16-38-27)29(34)23-5-4-6-24(31)17-23/h4-10,12,16-17,20-21,29H,11,13-15,18-19H2,1-3H3,(H,32,37)/t21-,29-/m0/s1. The highest BCUT2D eigenvalue weighted by Gasteiger charge is 2.34. The molecule has 8 heteroatoms. The molecule has 0 unspecified atom stereocenters. The summed E-state index contributed by atoms with van der Waals surface area (Å²) in [7, 11) is 0. The van der Waals surface area contributed by atoms with E-state index in [0.717, 1.165) is 29.8 Å². The van der Waals surface area contributed by atoms with Gasteiger partial charge in [-0.25, -0.2) is 9.18 Å². The van der Waals surface area contributed by atoms with Gasteiger partial charge in [-0.05, 0) is 71.7 Å². The van der Waals surface area contributed by atoms with Crippen molar-refractivity contribution in [1.82, 2.24) is 14.7 Å². The Morgan fingerprint density at radius 3 is 2.58 bits per heavy atom. The number of amides is 3. The molecule has 3 aromatic rings. The lowest BCUT2D eigenvalue weighted by Gasteiger charge is -2.41. The lowest BCUT2D eigenvalue weighted by molar-refractivity contribution is -0.135. The summed E-state index contributed by atoms with van der Waals surface area (Å²) in [6.45, 7) is 8.72. The quantitative estimate of drug-likeness (QED) is 0.455. The molecule has 2 atom stereocenters. The molecule has 2 aliphatic rings. The summed E-state index contributed by atoms with van der Waals surface area (Å²) in [5.41, 5.74) is 4.03. The maximum Gasteiger partial charge on any atom is 0.322 e. The van der Waals surface area contributed by atoms with Crippen LogP contribution in [0.25, 0.3) is 0 Å². The number of carbonyl (C=O) groups excluding carboxylic acids is 2. The van der Waals surface area contributed by atoms with E-state index in [1.807, 2.05) is 42.2 Å². The fraction of sp³-hybridized carbons (Fsp3) is 0.400. The Morgan fingerprint density at radius 2 is 1.87 bits per heavy atom. The third-order valence-corrected chi connectivity index (χ3v) is 8.63. The van der Waals surface area contributed by atoms with E-state index >= 15 is 0 Å². The summed E-state index contributed by atoms with van der Waals surface area (Å²) in [4.78, 5) is 33.6.